The Morgan fingerprint density at radius 1 is 1.06 bits per heavy atom. The highest BCUT2D eigenvalue weighted by Gasteiger charge is 2.42. The van der Waals surface area contributed by atoms with Crippen molar-refractivity contribution >= 4 is 5.91 Å². The Labute approximate surface area is 194 Å². The summed E-state index contributed by atoms with van der Waals surface area (Å²) < 4.78 is 2.04. The van der Waals surface area contributed by atoms with Crippen LogP contribution < -0.4 is 16.2 Å². The van der Waals surface area contributed by atoms with Gasteiger partial charge in [-0.25, -0.2) is 10.1 Å². The van der Waals surface area contributed by atoms with Gasteiger partial charge in [0.15, 0.2) is 0 Å². The number of amides is 1. The number of hydrogen-bond acceptors (Lipinski definition) is 5. The Morgan fingerprint density at radius 2 is 1.82 bits per heavy atom. The van der Waals surface area contributed by atoms with Crippen LogP contribution in [0.3, 0.4) is 0 Å². The maximum atomic E-state index is 12.2. The van der Waals surface area contributed by atoms with Crippen LogP contribution in [-0.4, -0.2) is 33.1 Å². The zero-order valence-electron chi connectivity index (χ0n) is 19.1. The van der Waals surface area contributed by atoms with Gasteiger partial charge in [0.1, 0.15) is 0 Å². The molecule has 3 N–H and O–H groups in total. The fourth-order valence-electron chi connectivity index (χ4n) is 5.28. The molecule has 1 aromatic heterocycles. The number of hydrazine groups is 1. The number of nitrogens with one attached hydrogen (secondary N) is 3. The first-order valence-corrected chi connectivity index (χ1v) is 12.1. The zero-order valence-corrected chi connectivity index (χ0v) is 19.1. The highest BCUT2D eigenvalue weighted by Crippen LogP contribution is 2.41. The van der Waals surface area contributed by atoms with E-state index in [0.29, 0.717) is 30.8 Å². The number of fused-ring (bicyclic) bond motifs is 1. The van der Waals surface area contributed by atoms with Gasteiger partial charge in [0.2, 0.25) is 5.91 Å². The lowest BCUT2D eigenvalue weighted by atomic mass is 9.75. The van der Waals surface area contributed by atoms with Crippen molar-refractivity contribution < 1.29 is 4.79 Å². The number of hydrogen-bond donors (Lipinski definition) is 3. The number of carbonyl (C=O) groups excluding carboxylic acids is 1. The molecule has 1 aliphatic heterocycles. The van der Waals surface area contributed by atoms with Gasteiger partial charge in [0.25, 0.3) is 0 Å². The van der Waals surface area contributed by atoms with E-state index in [2.05, 4.69) is 69.9 Å². The van der Waals surface area contributed by atoms with Gasteiger partial charge in [0.05, 0.1) is 24.1 Å². The Bertz CT molecular complexity index is 1070. The van der Waals surface area contributed by atoms with Gasteiger partial charge in [-0.1, -0.05) is 72.8 Å². The molecule has 5 rings (SSSR count). The van der Waals surface area contributed by atoms with E-state index in [1.807, 2.05) is 23.7 Å². The summed E-state index contributed by atoms with van der Waals surface area (Å²) in [6, 6.07) is 21.2. The molecule has 0 bridgehead atoms. The molecule has 3 aromatic rings. The van der Waals surface area contributed by atoms with E-state index in [1.165, 1.54) is 5.56 Å². The van der Waals surface area contributed by atoms with Crippen LogP contribution in [0.1, 0.15) is 56.2 Å². The summed E-state index contributed by atoms with van der Waals surface area (Å²) in [7, 11) is 0. The van der Waals surface area contributed by atoms with Gasteiger partial charge in [-0.3, -0.25) is 10.2 Å². The van der Waals surface area contributed by atoms with Crippen molar-refractivity contribution in [2.45, 2.75) is 63.7 Å². The lowest BCUT2D eigenvalue weighted by Crippen LogP contribution is -2.47. The van der Waals surface area contributed by atoms with Crippen LogP contribution in [0.4, 0.5) is 0 Å². The third kappa shape index (κ3) is 4.70. The van der Waals surface area contributed by atoms with Crippen LogP contribution in [0.2, 0.25) is 0 Å². The zero-order chi connectivity index (χ0) is 22.6. The van der Waals surface area contributed by atoms with Crippen molar-refractivity contribution in [2.75, 3.05) is 0 Å². The Morgan fingerprint density at radius 3 is 2.58 bits per heavy atom. The quantitative estimate of drug-likeness (QED) is 0.519. The van der Waals surface area contributed by atoms with E-state index in [0.717, 1.165) is 42.6 Å². The van der Waals surface area contributed by atoms with E-state index in [9.17, 15) is 4.79 Å². The summed E-state index contributed by atoms with van der Waals surface area (Å²) >= 11 is 0. The van der Waals surface area contributed by atoms with Crippen molar-refractivity contribution in [3.8, 4) is 11.3 Å². The van der Waals surface area contributed by atoms with Gasteiger partial charge < -0.3 is 5.32 Å². The molecule has 4 atom stereocenters. The van der Waals surface area contributed by atoms with E-state index in [4.69, 9.17) is 5.10 Å². The Hall–Kier alpha value is -3.03. The van der Waals surface area contributed by atoms with Gasteiger partial charge in [0, 0.05) is 29.9 Å². The van der Waals surface area contributed by atoms with E-state index >= 15 is 0 Å². The molecule has 7 nitrogen and oxygen atoms in total. The molecule has 172 valence electrons. The first-order chi connectivity index (χ1) is 16.2. The standard InChI is InChI=1S/C26H32N6O/c1-2-9-23(33)27-26-21-16-20(14-15-22(21)28-30-26)24-25(19-12-7-4-8-13-19)32(31-29-24)17-18-10-5-3-6-11-18/h3-8,10-13,20-22,26,28,30H,2,9,14-17H2,1H3,(H,27,33). The largest absolute Gasteiger partial charge is 0.339 e. The molecule has 2 aliphatic rings. The third-order valence-corrected chi connectivity index (χ3v) is 6.92. The van der Waals surface area contributed by atoms with Crippen molar-refractivity contribution in [1.82, 2.24) is 31.2 Å². The molecule has 2 fully saturated rings. The second kappa shape index (κ2) is 9.85. The topological polar surface area (TPSA) is 83.9 Å². The average molecular weight is 445 g/mol. The highest BCUT2D eigenvalue weighted by atomic mass is 16.1. The SMILES string of the molecule is CCCC(=O)NC1NNC2CCC(c3nnn(Cc4ccccc4)c3-c3ccccc3)CC21. The molecule has 0 radical (unpaired) electrons. The van der Waals surface area contributed by atoms with E-state index < -0.39 is 0 Å². The van der Waals surface area contributed by atoms with Crippen LogP contribution in [0.5, 0.6) is 0 Å². The number of nitrogens with zero attached hydrogens (tertiary/aromatic N) is 3. The normalized spacial score (nSPS) is 24.4. The van der Waals surface area contributed by atoms with Crippen LogP contribution in [0.15, 0.2) is 60.7 Å². The summed E-state index contributed by atoms with van der Waals surface area (Å²) in [5.74, 6) is 0.740. The maximum absolute atomic E-state index is 12.2. The number of rotatable bonds is 7. The first-order valence-electron chi connectivity index (χ1n) is 12.1. The Balaban J connectivity index is 1.42. The molecular formula is C26H32N6O. The molecule has 4 unspecified atom stereocenters. The molecule has 7 heteroatoms. The molecule has 1 aliphatic carbocycles. The van der Waals surface area contributed by atoms with Crippen molar-refractivity contribution in [3.05, 3.63) is 71.9 Å². The predicted molar refractivity (Wildman–Crippen MR) is 128 cm³/mol. The number of carbonyl (C=O) groups is 1. The maximum Gasteiger partial charge on any atom is 0.221 e. The Kier molecular flexibility index (Phi) is 6.51. The second-order valence-corrected chi connectivity index (χ2v) is 9.20. The predicted octanol–water partition coefficient (Wildman–Crippen LogP) is 3.60. The van der Waals surface area contributed by atoms with Crippen molar-refractivity contribution in [1.29, 1.82) is 0 Å². The number of aromatic nitrogens is 3. The minimum absolute atomic E-state index is 0.0450. The van der Waals surface area contributed by atoms with Crippen LogP contribution in [0.25, 0.3) is 11.3 Å². The summed E-state index contributed by atoms with van der Waals surface area (Å²) in [5.41, 5.74) is 11.3. The molecule has 1 saturated carbocycles. The second-order valence-electron chi connectivity index (χ2n) is 9.20. The van der Waals surface area contributed by atoms with Crippen LogP contribution >= 0.6 is 0 Å². The molecule has 2 aromatic carbocycles. The molecule has 0 spiro atoms. The molecule has 2 heterocycles. The van der Waals surface area contributed by atoms with Gasteiger partial charge in [-0.15, -0.1) is 5.10 Å². The minimum atomic E-state index is -0.0450. The summed E-state index contributed by atoms with van der Waals surface area (Å²) in [6.45, 7) is 2.72. The van der Waals surface area contributed by atoms with Crippen molar-refractivity contribution in [2.24, 2.45) is 5.92 Å². The lowest BCUT2D eigenvalue weighted by Gasteiger charge is -2.32. The summed E-state index contributed by atoms with van der Waals surface area (Å²) in [4.78, 5) is 12.2. The van der Waals surface area contributed by atoms with E-state index in [1.54, 1.807) is 0 Å². The fraction of sp³-hybridized carbons (Fsp3) is 0.423. The summed E-state index contributed by atoms with van der Waals surface area (Å²) in [5, 5.41) is 12.5. The lowest BCUT2D eigenvalue weighted by molar-refractivity contribution is -0.122. The average Bonchev–Trinajstić information content (AvgIpc) is 3.44. The van der Waals surface area contributed by atoms with Gasteiger partial charge >= 0.3 is 0 Å². The van der Waals surface area contributed by atoms with E-state index in [-0.39, 0.29) is 12.1 Å². The highest BCUT2D eigenvalue weighted by molar-refractivity contribution is 5.76. The monoisotopic (exact) mass is 444 g/mol. The number of benzene rings is 2. The fourth-order valence-corrected chi connectivity index (χ4v) is 5.28. The van der Waals surface area contributed by atoms with Gasteiger partial charge in [-0.05, 0) is 31.2 Å². The third-order valence-electron chi connectivity index (χ3n) is 6.92. The molecule has 1 saturated heterocycles. The van der Waals surface area contributed by atoms with Gasteiger partial charge in [-0.2, -0.15) is 0 Å². The minimum Gasteiger partial charge on any atom is -0.339 e. The smallest absolute Gasteiger partial charge is 0.221 e. The molecular weight excluding hydrogens is 412 g/mol. The van der Waals surface area contributed by atoms with Crippen LogP contribution in [0, 0.1) is 5.92 Å². The molecule has 1 amide bonds. The van der Waals surface area contributed by atoms with Crippen LogP contribution in [-0.2, 0) is 11.3 Å². The van der Waals surface area contributed by atoms with Crippen molar-refractivity contribution in [3.63, 3.8) is 0 Å². The summed E-state index contributed by atoms with van der Waals surface area (Å²) in [6.07, 6.45) is 4.43. The first kappa shape index (κ1) is 21.8. The molecule has 33 heavy (non-hydrogen) atoms.